The average Bonchev–Trinajstić information content (AvgIpc) is 2.18. The Balaban J connectivity index is 2.16. The number of imide groups is 1. The molecule has 1 saturated carbocycles. The second-order valence-electron chi connectivity index (χ2n) is 4.06. The highest BCUT2D eigenvalue weighted by atomic mass is 16.7. The smallest absolute Gasteiger partial charge is 0.256 e. The van der Waals surface area contributed by atoms with E-state index in [1.807, 2.05) is 0 Å². The van der Waals surface area contributed by atoms with Gasteiger partial charge in [0.15, 0.2) is 0 Å². The number of carbonyl (C=O) groups is 2. The lowest BCUT2D eigenvalue weighted by molar-refractivity contribution is -0.199. The molecule has 1 saturated heterocycles. The van der Waals surface area contributed by atoms with Gasteiger partial charge in [-0.15, -0.1) is 0 Å². The zero-order chi connectivity index (χ0) is 10.1. The number of rotatable bonds is 1. The molecule has 0 aromatic heterocycles. The molecule has 2 unspecified atom stereocenters. The van der Waals surface area contributed by atoms with Gasteiger partial charge >= 0.3 is 0 Å². The monoisotopic (exact) mass is 197 g/mol. The quantitative estimate of drug-likeness (QED) is 0.592. The van der Waals surface area contributed by atoms with Crippen molar-refractivity contribution < 1.29 is 14.4 Å². The van der Waals surface area contributed by atoms with Crippen LogP contribution in [0, 0.1) is 11.8 Å². The van der Waals surface area contributed by atoms with Crippen LogP contribution in [0.5, 0.6) is 0 Å². The molecule has 1 aliphatic heterocycles. The number of hydrogen-bond acceptors (Lipinski definition) is 3. The Hall–Kier alpha value is -0.900. The van der Waals surface area contributed by atoms with Crippen LogP contribution >= 0.6 is 0 Å². The number of fused-ring (bicyclic) bond motifs is 1. The highest BCUT2D eigenvalue weighted by molar-refractivity contribution is 5.97. The van der Waals surface area contributed by atoms with Crippen LogP contribution in [-0.2, 0) is 14.4 Å². The van der Waals surface area contributed by atoms with E-state index >= 15 is 0 Å². The van der Waals surface area contributed by atoms with Gasteiger partial charge in [0.2, 0.25) is 0 Å². The number of amides is 2. The van der Waals surface area contributed by atoms with Gasteiger partial charge in [0.1, 0.15) is 0 Å². The van der Waals surface area contributed by atoms with Crippen LogP contribution in [-0.4, -0.2) is 24.0 Å². The molecular formula is C10H15NO3. The fraction of sp³-hybridized carbons (Fsp3) is 0.800. The maximum absolute atomic E-state index is 11.8. The average molecular weight is 197 g/mol. The molecule has 2 aliphatic rings. The van der Waals surface area contributed by atoms with Crippen molar-refractivity contribution in [3.63, 3.8) is 0 Å². The van der Waals surface area contributed by atoms with Crippen molar-refractivity contribution in [2.75, 3.05) is 7.11 Å². The minimum absolute atomic E-state index is 0.0291. The van der Waals surface area contributed by atoms with Crippen molar-refractivity contribution in [2.24, 2.45) is 11.8 Å². The maximum Gasteiger partial charge on any atom is 0.256 e. The van der Waals surface area contributed by atoms with E-state index in [-0.39, 0.29) is 23.7 Å². The predicted octanol–water partition coefficient (Wildman–Crippen LogP) is 1.11. The first-order valence-corrected chi connectivity index (χ1v) is 5.15. The molecule has 0 spiro atoms. The van der Waals surface area contributed by atoms with Crippen LogP contribution in [0.2, 0.25) is 0 Å². The van der Waals surface area contributed by atoms with Crippen LogP contribution in [0.4, 0.5) is 0 Å². The summed E-state index contributed by atoms with van der Waals surface area (Å²) in [5, 5.41) is 0.937. The van der Waals surface area contributed by atoms with Gasteiger partial charge in [-0.2, -0.15) is 5.06 Å². The van der Waals surface area contributed by atoms with Crippen molar-refractivity contribution >= 4 is 11.8 Å². The molecule has 14 heavy (non-hydrogen) atoms. The maximum atomic E-state index is 11.8. The Morgan fingerprint density at radius 3 is 2.71 bits per heavy atom. The lowest BCUT2D eigenvalue weighted by Crippen LogP contribution is -2.49. The molecular weight excluding hydrogens is 182 g/mol. The highest BCUT2D eigenvalue weighted by Crippen LogP contribution is 2.37. The van der Waals surface area contributed by atoms with E-state index in [1.54, 1.807) is 0 Å². The number of hydrogen-bond donors (Lipinski definition) is 0. The summed E-state index contributed by atoms with van der Waals surface area (Å²) in [6.45, 7) is 0. The lowest BCUT2D eigenvalue weighted by atomic mass is 9.75. The van der Waals surface area contributed by atoms with Crippen molar-refractivity contribution in [2.45, 2.75) is 32.1 Å². The molecule has 4 heteroatoms. The van der Waals surface area contributed by atoms with E-state index in [2.05, 4.69) is 0 Å². The van der Waals surface area contributed by atoms with Crippen molar-refractivity contribution in [1.82, 2.24) is 5.06 Å². The molecule has 0 radical (unpaired) electrons. The topological polar surface area (TPSA) is 46.6 Å². The van der Waals surface area contributed by atoms with Crippen LogP contribution in [0.25, 0.3) is 0 Å². The summed E-state index contributed by atoms with van der Waals surface area (Å²) in [7, 11) is 1.37. The zero-order valence-corrected chi connectivity index (χ0v) is 8.36. The SMILES string of the molecule is CON1C(=O)CC2CCCCC2C1=O. The Morgan fingerprint density at radius 1 is 1.29 bits per heavy atom. The molecule has 4 nitrogen and oxygen atoms in total. The summed E-state index contributed by atoms with van der Waals surface area (Å²) >= 11 is 0. The van der Waals surface area contributed by atoms with Crippen molar-refractivity contribution in [3.05, 3.63) is 0 Å². The molecule has 0 bridgehead atoms. The first-order valence-electron chi connectivity index (χ1n) is 5.15. The van der Waals surface area contributed by atoms with Gasteiger partial charge in [-0.1, -0.05) is 12.8 Å². The second kappa shape index (κ2) is 3.69. The van der Waals surface area contributed by atoms with Gasteiger partial charge in [-0.25, -0.2) is 0 Å². The Morgan fingerprint density at radius 2 is 2.00 bits per heavy atom. The first kappa shape index (κ1) is 9.65. The molecule has 0 aromatic carbocycles. The second-order valence-corrected chi connectivity index (χ2v) is 4.06. The third-order valence-corrected chi connectivity index (χ3v) is 3.27. The molecule has 0 N–H and O–H groups in total. The van der Waals surface area contributed by atoms with Crippen LogP contribution in [0.15, 0.2) is 0 Å². The van der Waals surface area contributed by atoms with Crippen LogP contribution < -0.4 is 0 Å². The van der Waals surface area contributed by atoms with Gasteiger partial charge in [-0.05, 0) is 18.8 Å². The summed E-state index contributed by atoms with van der Waals surface area (Å²) in [6, 6.07) is 0. The van der Waals surface area contributed by atoms with Crippen LogP contribution in [0.3, 0.4) is 0 Å². The fourth-order valence-electron chi connectivity index (χ4n) is 2.55. The normalized spacial score (nSPS) is 33.1. The zero-order valence-electron chi connectivity index (χ0n) is 8.36. The standard InChI is InChI=1S/C10H15NO3/c1-14-11-9(12)6-7-4-2-3-5-8(7)10(11)13/h7-8H,2-6H2,1H3. The third kappa shape index (κ3) is 1.43. The summed E-state index contributed by atoms with van der Waals surface area (Å²) in [5.41, 5.74) is 0. The number of carbonyl (C=O) groups excluding carboxylic acids is 2. The molecule has 2 amide bonds. The molecule has 1 heterocycles. The fourth-order valence-corrected chi connectivity index (χ4v) is 2.55. The number of hydroxylamine groups is 2. The van der Waals surface area contributed by atoms with Crippen molar-refractivity contribution in [1.29, 1.82) is 0 Å². The van der Waals surface area contributed by atoms with Crippen LogP contribution in [0.1, 0.15) is 32.1 Å². The van der Waals surface area contributed by atoms with Gasteiger partial charge < -0.3 is 0 Å². The highest BCUT2D eigenvalue weighted by Gasteiger charge is 2.42. The first-order chi connectivity index (χ1) is 6.74. The number of piperidine rings is 1. The van der Waals surface area contributed by atoms with Gasteiger partial charge in [-0.3, -0.25) is 14.4 Å². The molecule has 0 aromatic rings. The summed E-state index contributed by atoms with van der Waals surface area (Å²) in [4.78, 5) is 28.1. The molecule has 2 fully saturated rings. The molecule has 78 valence electrons. The lowest BCUT2D eigenvalue weighted by Gasteiger charge is -2.37. The molecule has 2 rings (SSSR count). The van der Waals surface area contributed by atoms with E-state index in [0.717, 1.165) is 30.7 Å². The Kier molecular flexibility index (Phi) is 2.54. The van der Waals surface area contributed by atoms with E-state index in [4.69, 9.17) is 4.84 Å². The van der Waals surface area contributed by atoms with Gasteiger partial charge in [0, 0.05) is 12.3 Å². The summed E-state index contributed by atoms with van der Waals surface area (Å²) < 4.78 is 0. The van der Waals surface area contributed by atoms with Gasteiger partial charge in [0.25, 0.3) is 11.8 Å². The predicted molar refractivity (Wildman–Crippen MR) is 48.9 cm³/mol. The van der Waals surface area contributed by atoms with E-state index in [9.17, 15) is 9.59 Å². The van der Waals surface area contributed by atoms with E-state index < -0.39 is 0 Å². The Labute approximate surface area is 83.2 Å². The van der Waals surface area contributed by atoms with Gasteiger partial charge in [0.05, 0.1) is 7.11 Å². The minimum Gasteiger partial charge on any atom is -0.272 e. The number of nitrogens with zero attached hydrogens (tertiary/aromatic N) is 1. The van der Waals surface area contributed by atoms with Crippen molar-refractivity contribution in [3.8, 4) is 0 Å². The Bertz CT molecular complexity index is 264. The largest absolute Gasteiger partial charge is 0.272 e. The molecule has 2 atom stereocenters. The van der Waals surface area contributed by atoms with E-state index in [1.165, 1.54) is 7.11 Å². The van der Waals surface area contributed by atoms with E-state index in [0.29, 0.717) is 6.42 Å². The molecule has 1 aliphatic carbocycles. The third-order valence-electron chi connectivity index (χ3n) is 3.27. The summed E-state index contributed by atoms with van der Waals surface area (Å²) in [6.07, 6.45) is 4.65. The summed E-state index contributed by atoms with van der Waals surface area (Å²) in [5.74, 6) is -0.00866. The minimum atomic E-state index is -0.180.